The Hall–Kier alpha value is -15.7. The zero-order valence-electron chi connectivity index (χ0n) is 77.7. The number of hydrogen-bond acceptors (Lipinski definition) is 17. The van der Waals surface area contributed by atoms with Gasteiger partial charge in [-0.3, -0.25) is 33.6 Å². The molecule has 0 bridgehead atoms. The van der Waals surface area contributed by atoms with Gasteiger partial charge in [0.2, 0.25) is 11.8 Å². The molecule has 716 valence electrons. The number of nitrogens with one attached hydrogen (secondary N) is 1. The number of Topliss-reactive ketones (excluding diaryl/α,β-unsaturated/α-hetero) is 1. The lowest BCUT2D eigenvalue weighted by Gasteiger charge is -2.24. The number of likely N-dealkylation sites (N-methyl/N-ethyl adjacent to an activating group) is 1. The molecule has 8 heterocycles. The number of amides is 6. The smallest absolute Gasteiger partial charge is 0.339 e. The highest BCUT2D eigenvalue weighted by atomic mass is 35.5. The van der Waals surface area contributed by atoms with Gasteiger partial charge in [-0.25, -0.2) is 23.8 Å². The molecule has 12 aromatic carbocycles. The average Bonchev–Trinajstić information content (AvgIpc) is 1.56. The number of phenols is 2. The SMILES string of the molecule is CC(=O)Nc1ccc2c(c1)cc(C(=O)N1CCCC1)n2Cc1cccc(F)c1.CCN1C[C@@H](c2nc3ccccc3n2Cc2ccc(Cl)cc2Cl)CC1=O.COc1ccc(CN2C(=O)[C@@](O)(c3ccc(C)cc3)c3ccccc32)cc1.Cc1ccccc1CN1C(=O)[C@@](O)(CC(=O)c2cc(O)ccc2O)c2ccccc21.NC(=O)COC(=O)c1cc(-c2ccccc2)nc2c1cnn2Cc1ccc(Cl)cc1. The first-order valence-corrected chi connectivity index (χ1v) is 46.9. The number of ether oxygens (including phenoxy) is 2. The number of aromatic hydroxyl groups is 2. The number of carbonyl (C=O) groups is 8. The van der Waals surface area contributed by atoms with E-state index >= 15 is 0 Å². The van der Waals surface area contributed by atoms with Crippen molar-refractivity contribution < 1.29 is 72.6 Å². The molecule has 4 aromatic heterocycles. The summed E-state index contributed by atoms with van der Waals surface area (Å²) in [4.78, 5) is 116. The molecule has 16 aromatic rings. The first kappa shape index (κ1) is 98.4. The van der Waals surface area contributed by atoms with E-state index in [2.05, 4.69) is 21.0 Å². The van der Waals surface area contributed by atoms with Gasteiger partial charge in [0.1, 0.15) is 34.6 Å². The molecule has 4 aliphatic heterocycles. The number of halogens is 4. The van der Waals surface area contributed by atoms with Gasteiger partial charge in [-0.05, 0) is 194 Å². The Morgan fingerprint density at radius 1 is 0.596 bits per heavy atom. The second-order valence-electron chi connectivity index (χ2n) is 34.8. The van der Waals surface area contributed by atoms with Crippen LogP contribution in [-0.4, -0.2) is 146 Å². The van der Waals surface area contributed by atoms with Crippen molar-refractivity contribution in [1.29, 1.82) is 0 Å². The maximum atomic E-state index is 13.7. The Morgan fingerprint density at radius 2 is 1.26 bits per heavy atom. The van der Waals surface area contributed by atoms with Gasteiger partial charge in [-0.15, -0.1) is 0 Å². The summed E-state index contributed by atoms with van der Waals surface area (Å²) < 4.78 is 29.7. The molecule has 30 heteroatoms. The monoisotopic (exact) mass is 1950 g/mol. The summed E-state index contributed by atoms with van der Waals surface area (Å²) in [6, 6.07) is 86.5. The summed E-state index contributed by atoms with van der Waals surface area (Å²) >= 11 is 18.4. The summed E-state index contributed by atoms with van der Waals surface area (Å²) in [5.41, 5.74) is 17.1. The van der Waals surface area contributed by atoms with Crippen LogP contribution in [0.5, 0.6) is 17.2 Å². The van der Waals surface area contributed by atoms with Crippen molar-refractivity contribution in [2.75, 3.05) is 55.0 Å². The molecule has 4 aliphatic rings. The normalized spacial score (nSPS) is 15.6. The number of likely N-dealkylation sites (tertiary alicyclic amines) is 2. The van der Waals surface area contributed by atoms with Gasteiger partial charge in [0.25, 0.3) is 23.6 Å². The number of hydrogen-bond donors (Lipinski definition) is 6. The lowest BCUT2D eigenvalue weighted by Crippen LogP contribution is -2.41. The van der Waals surface area contributed by atoms with Crippen molar-refractivity contribution in [1.82, 2.24) is 38.7 Å². The summed E-state index contributed by atoms with van der Waals surface area (Å²) in [7, 11) is 1.62. The third kappa shape index (κ3) is 21.9. The molecule has 20 rings (SSSR count). The summed E-state index contributed by atoms with van der Waals surface area (Å²) in [6.45, 7) is 12.0. The van der Waals surface area contributed by atoms with E-state index in [-0.39, 0.29) is 64.5 Å². The molecule has 6 amide bonds. The molecular formula is C111H100Cl3FN12O14. The molecule has 141 heavy (non-hydrogen) atoms. The molecule has 26 nitrogen and oxygen atoms in total. The number of fused-ring (bicyclic) bond motifs is 5. The number of aryl methyl sites for hydroxylation is 2. The summed E-state index contributed by atoms with van der Waals surface area (Å²) in [6.07, 6.45) is 3.55. The predicted molar refractivity (Wildman–Crippen MR) is 541 cm³/mol. The van der Waals surface area contributed by atoms with Crippen LogP contribution in [0.3, 0.4) is 0 Å². The maximum absolute atomic E-state index is 13.7. The lowest BCUT2D eigenvalue weighted by molar-refractivity contribution is -0.136. The predicted octanol–water partition coefficient (Wildman–Crippen LogP) is 19.4. The molecule has 0 aliphatic carbocycles. The van der Waals surface area contributed by atoms with Crippen LogP contribution in [-0.2, 0) is 72.6 Å². The number of esters is 1. The largest absolute Gasteiger partial charge is 0.508 e. The minimum absolute atomic E-state index is 0.00817. The fourth-order valence-corrected chi connectivity index (χ4v) is 18.5. The number of anilines is 3. The number of benzene rings is 12. The first-order valence-electron chi connectivity index (χ1n) is 45.7. The lowest BCUT2D eigenvalue weighted by atomic mass is 9.87. The number of ketones is 1. The van der Waals surface area contributed by atoms with Crippen LogP contribution < -0.4 is 25.6 Å². The third-order valence-corrected chi connectivity index (χ3v) is 26.0. The fraction of sp³-hybridized carbons (Fsp3) is 0.198. The van der Waals surface area contributed by atoms with Crippen LogP contribution >= 0.6 is 34.8 Å². The zero-order valence-corrected chi connectivity index (χ0v) is 80.0. The van der Waals surface area contributed by atoms with Crippen LogP contribution in [0.4, 0.5) is 21.5 Å². The molecular weight excluding hydrogens is 1850 g/mol. The highest BCUT2D eigenvalue weighted by Gasteiger charge is 2.53. The standard InChI is InChI=1S/C24H21NO5.C23H21NO3.C22H17ClN4O3.C22H22FN3O2.C20H19Cl2N3O/c1-15-6-2-3-7-16(15)14-25-20-9-5-4-8-19(20)24(30,23(25)29)13-22(28)18-12-17(26)10-11-21(18)27;1-16-7-11-18(12-8-16)23(26)20-5-3-4-6-21(20)24(22(23)25)15-17-9-13-19(27-2)14-10-17;23-16-8-6-14(7-9-16)12-27-21-18(11-25-27)17(22(29)30-13-20(24)28)10-19(26-21)15-4-2-1-3-5-15;1-15(27)24-19-7-8-20-17(12-19)13-21(22(28)25-9-2-3-10-25)26(20)14-16-5-4-6-18(23)11-16;1-2-24-11-14(9-19(24)26)20-23-17-5-3-4-6-18(17)25(20)12-13-7-8-15(21)10-16(13)22/h2-12,26-27,30H,13-14H2,1H3;3-14,26H,15H2,1-2H3;1-11H,12-13H2,(H2,24,28);4-8,11-13H,2-3,9-10,14H2,1H3,(H,24,27);3-8,10,14H,2,9,11-12H2,1H3/t24-;23-;;;14-/m11..0/s1. The van der Waals surface area contributed by atoms with Gasteiger partial charge in [-0.2, -0.15) is 5.10 Å². The second-order valence-corrected chi connectivity index (χ2v) is 36.1. The molecule has 3 atom stereocenters. The summed E-state index contributed by atoms with van der Waals surface area (Å²) in [5.74, 6) is -1.92. The van der Waals surface area contributed by atoms with Gasteiger partial charge < -0.3 is 69.7 Å². The van der Waals surface area contributed by atoms with Crippen molar-refractivity contribution >= 4 is 132 Å². The third-order valence-electron chi connectivity index (χ3n) is 25.2. The number of aliphatic hydroxyl groups is 2. The number of para-hydroxylation sites is 4. The number of aromatic nitrogens is 6. The molecule has 0 radical (unpaired) electrons. The molecule has 2 saturated heterocycles. The highest BCUT2D eigenvalue weighted by molar-refractivity contribution is 6.35. The quantitative estimate of drug-likeness (QED) is 0.0197. The number of imidazole rings is 1. The Morgan fingerprint density at radius 3 is 1.96 bits per heavy atom. The molecule has 0 spiro atoms. The van der Waals surface area contributed by atoms with E-state index in [1.54, 1.807) is 77.5 Å². The number of primary amides is 1. The number of phenolic OH excluding ortho intramolecular Hbond substituents is 2. The van der Waals surface area contributed by atoms with E-state index in [0.717, 1.165) is 122 Å². The van der Waals surface area contributed by atoms with Crippen LogP contribution in [0.15, 0.2) is 297 Å². The molecule has 0 unspecified atom stereocenters. The number of nitrogens with zero attached hydrogens (tertiary/aromatic N) is 10. The van der Waals surface area contributed by atoms with E-state index in [0.29, 0.717) is 105 Å². The van der Waals surface area contributed by atoms with Crippen LogP contribution in [0, 0.1) is 19.7 Å². The Balaban J connectivity index is 0.000000127. The molecule has 0 saturated carbocycles. The first-order chi connectivity index (χ1) is 67.9. The van der Waals surface area contributed by atoms with E-state index < -0.39 is 47.8 Å². The van der Waals surface area contributed by atoms with Crippen molar-refractivity contribution in [3.63, 3.8) is 0 Å². The highest BCUT2D eigenvalue weighted by Crippen LogP contribution is 2.47. The van der Waals surface area contributed by atoms with E-state index in [1.165, 1.54) is 36.1 Å². The number of nitrogens with two attached hydrogens (primary N) is 1. The average molecular weight is 1950 g/mol. The van der Waals surface area contributed by atoms with E-state index in [9.17, 15) is 63.2 Å². The van der Waals surface area contributed by atoms with E-state index in [4.69, 9.17) is 60.0 Å². The van der Waals surface area contributed by atoms with Gasteiger partial charge in [0, 0.05) is 100 Å². The van der Waals surface area contributed by atoms with Gasteiger partial charge in [0.15, 0.2) is 29.2 Å². The summed E-state index contributed by atoms with van der Waals surface area (Å²) in [5, 5.41) is 53.0. The topological polar surface area (TPSA) is 340 Å². The van der Waals surface area contributed by atoms with Crippen LogP contribution in [0.25, 0.3) is 44.2 Å². The van der Waals surface area contributed by atoms with E-state index in [1.807, 2.05) is 235 Å². The van der Waals surface area contributed by atoms with Crippen molar-refractivity contribution in [3.05, 3.63) is 397 Å². The maximum Gasteiger partial charge on any atom is 0.339 e. The fourth-order valence-electron chi connectivity index (χ4n) is 18.0. The molecule has 7 N–H and O–H groups in total. The Bertz CT molecular complexity index is 7420. The van der Waals surface area contributed by atoms with Gasteiger partial charge >= 0.3 is 5.97 Å². The van der Waals surface area contributed by atoms with Crippen molar-refractivity contribution in [2.24, 2.45) is 5.73 Å². The van der Waals surface area contributed by atoms with Crippen LogP contribution in [0.1, 0.15) is 138 Å². The van der Waals surface area contributed by atoms with Gasteiger partial charge in [-0.1, -0.05) is 210 Å². The minimum atomic E-state index is -2.06. The second kappa shape index (κ2) is 43.2. The number of rotatable bonds is 23. The van der Waals surface area contributed by atoms with Crippen molar-refractivity contribution in [2.45, 2.75) is 103 Å². The zero-order chi connectivity index (χ0) is 99.5. The Kier molecular flexibility index (Phi) is 30.1. The number of carbonyl (C=O) groups excluding carboxylic acids is 8. The molecule has 2 fully saturated rings. The number of methoxy groups -OCH3 is 1. The van der Waals surface area contributed by atoms with Crippen LogP contribution in [0.2, 0.25) is 15.1 Å². The Labute approximate surface area is 827 Å². The number of pyridine rings is 1. The minimum Gasteiger partial charge on any atom is -0.508 e. The van der Waals surface area contributed by atoms with Gasteiger partial charge in [0.05, 0.1) is 90.5 Å². The van der Waals surface area contributed by atoms with Crippen molar-refractivity contribution in [3.8, 4) is 28.5 Å².